The number of imide groups is 1. The van der Waals surface area contributed by atoms with Crippen molar-refractivity contribution in [3.8, 4) is 0 Å². The number of likely N-dealkylation sites (tertiary alicyclic amines) is 1. The lowest BCUT2D eigenvalue weighted by Gasteiger charge is -2.25. The second kappa shape index (κ2) is 3.98. The van der Waals surface area contributed by atoms with Gasteiger partial charge in [-0.2, -0.15) is 0 Å². The van der Waals surface area contributed by atoms with Gasteiger partial charge in [0.25, 0.3) is 0 Å². The molecule has 92 valence electrons. The lowest BCUT2D eigenvalue weighted by molar-refractivity contribution is -0.144. The molecule has 1 N–H and O–H groups in total. The van der Waals surface area contributed by atoms with Crippen molar-refractivity contribution < 1.29 is 9.59 Å². The molecule has 1 fully saturated rings. The highest BCUT2D eigenvalue weighted by Crippen LogP contribution is 2.37. The monoisotopic (exact) mass is 235 g/mol. The normalized spacial score (nSPS) is 21.0. The second-order valence-corrected chi connectivity index (χ2v) is 5.03. The number of aromatic nitrogens is 2. The van der Waals surface area contributed by atoms with E-state index in [2.05, 4.69) is 9.97 Å². The predicted octanol–water partition coefficient (Wildman–Crippen LogP) is 1.65. The van der Waals surface area contributed by atoms with E-state index in [0.29, 0.717) is 12.2 Å². The highest BCUT2D eigenvalue weighted by molar-refractivity contribution is 6.05. The summed E-state index contributed by atoms with van der Waals surface area (Å²) < 4.78 is 0. The van der Waals surface area contributed by atoms with Gasteiger partial charge in [-0.3, -0.25) is 14.5 Å². The van der Waals surface area contributed by atoms with Crippen LogP contribution in [0.15, 0.2) is 12.4 Å². The molecular weight excluding hydrogens is 218 g/mol. The number of carbonyl (C=O) groups is 2. The van der Waals surface area contributed by atoms with Crippen LogP contribution in [0.5, 0.6) is 0 Å². The van der Waals surface area contributed by atoms with E-state index in [0.717, 1.165) is 0 Å². The Kier molecular flexibility index (Phi) is 2.77. The average molecular weight is 235 g/mol. The first-order valence-electron chi connectivity index (χ1n) is 5.83. The summed E-state index contributed by atoms with van der Waals surface area (Å²) in [5.41, 5.74) is -0.586. The minimum Gasteiger partial charge on any atom is -0.347 e. The van der Waals surface area contributed by atoms with Gasteiger partial charge in [0.05, 0.1) is 11.5 Å². The first kappa shape index (κ1) is 11.8. The average Bonchev–Trinajstić information content (AvgIpc) is 2.82. The van der Waals surface area contributed by atoms with Crippen LogP contribution >= 0.6 is 0 Å². The van der Waals surface area contributed by atoms with Crippen molar-refractivity contribution in [3.63, 3.8) is 0 Å². The Hall–Kier alpha value is -1.65. The maximum atomic E-state index is 12.2. The van der Waals surface area contributed by atoms with Crippen molar-refractivity contribution in [1.82, 2.24) is 14.9 Å². The van der Waals surface area contributed by atoms with Crippen molar-refractivity contribution in [2.24, 2.45) is 5.41 Å². The summed E-state index contributed by atoms with van der Waals surface area (Å²) in [6, 6.07) is -0.272. The third kappa shape index (κ3) is 1.85. The first-order chi connectivity index (χ1) is 7.97. The molecule has 5 nitrogen and oxygen atoms in total. The maximum Gasteiger partial charge on any atom is 0.236 e. The Labute approximate surface area is 100 Å². The first-order valence-corrected chi connectivity index (χ1v) is 5.83. The molecule has 1 aliphatic heterocycles. The van der Waals surface area contributed by atoms with Gasteiger partial charge >= 0.3 is 0 Å². The quantitative estimate of drug-likeness (QED) is 0.810. The van der Waals surface area contributed by atoms with Gasteiger partial charge in [-0.05, 0) is 6.42 Å². The maximum absolute atomic E-state index is 12.2. The van der Waals surface area contributed by atoms with Crippen LogP contribution in [0.25, 0.3) is 0 Å². The van der Waals surface area contributed by atoms with E-state index >= 15 is 0 Å². The number of hydrogen-bond acceptors (Lipinski definition) is 3. The molecular formula is C12H17N3O2. The Morgan fingerprint density at radius 3 is 2.65 bits per heavy atom. The van der Waals surface area contributed by atoms with E-state index in [1.54, 1.807) is 12.4 Å². The molecule has 2 amide bonds. The number of H-pyrrole nitrogens is 1. The van der Waals surface area contributed by atoms with Crippen LogP contribution in [0.4, 0.5) is 0 Å². The number of carbonyl (C=O) groups excluding carboxylic acids is 2. The van der Waals surface area contributed by atoms with Crippen molar-refractivity contribution in [3.05, 3.63) is 18.2 Å². The molecule has 2 heterocycles. The van der Waals surface area contributed by atoms with Crippen LogP contribution in [0.1, 0.15) is 45.5 Å². The highest BCUT2D eigenvalue weighted by Gasteiger charge is 2.47. The number of nitrogens with zero attached hydrogens (tertiary/aromatic N) is 2. The summed E-state index contributed by atoms with van der Waals surface area (Å²) in [4.78, 5) is 32.6. The molecule has 0 saturated carbocycles. The van der Waals surface area contributed by atoms with E-state index in [4.69, 9.17) is 0 Å². The lowest BCUT2D eigenvalue weighted by Crippen LogP contribution is -2.36. The van der Waals surface area contributed by atoms with E-state index in [-0.39, 0.29) is 24.3 Å². The van der Waals surface area contributed by atoms with Crippen molar-refractivity contribution in [2.75, 3.05) is 0 Å². The zero-order valence-electron chi connectivity index (χ0n) is 10.4. The van der Waals surface area contributed by atoms with E-state index in [9.17, 15) is 9.59 Å². The van der Waals surface area contributed by atoms with E-state index in [1.807, 2.05) is 20.8 Å². The van der Waals surface area contributed by atoms with Gasteiger partial charge in [-0.25, -0.2) is 4.98 Å². The zero-order valence-corrected chi connectivity index (χ0v) is 10.4. The molecule has 1 aromatic rings. The molecule has 0 aliphatic carbocycles. The van der Waals surface area contributed by atoms with E-state index < -0.39 is 5.41 Å². The molecule has 1 aliphatic rings. The summed E-state index contributed by atoms with van der Waals surface area (Å²) in [6.07, 6.45) is 4.28. The molecule has 0 bridgehead atoms. The minimum absolute atomic E-state index is 0.106. The third-order valence-electron chi connectivity index (χ3n) is 3.19. The summed E-state index contributed by atoms with van der Waals surface area (Å²) in [5.74, 6) is 0.459. The lowest BCUT2D eigenvalue weighted by atomic mass is 9.92. The predicted molar refractivity (Wildman–Crippen MR) is 61.9 cm³/mol. The molecule has 1 aromatic heterocycles. The van der Waals surface area contributed by atoms with Crippen LogP contribution in [-0.2, 0) is 9.59 Å². The van der Waals surface area contributed by atoms with Crippen molar-refractivity contribution in [1.29, 1.82) is 0 Å². The van der Waals surface area contributed by atoms with E-state index in [1.165, 1.54) is 4.90 Å². The standard InChI is InChI=1S/C12H17N3O2/c1-4-8(10-13-5-6-14-10)15-9(16)7-12(2,3)11(15)17/h5-6,8H,4,7H2,1-3H3,(H,13,14). The number of nitrogens with one attached hydrogen (secondary N) is 1. The van der Waals surface area contributed by atoms with Crippen LogP contribution in [0.2, 0.25) is 0 Å². The summed E-state index contributed by atoms with van der Waals surface area (Å²) in [5, 5.41) is 0. The summed E-state index contributed by atoms with van der Waals surface area (Å²) in [6.45, 7) is 5.56. The van der Waals surface area contributed by atoms with Crippen LogP contribution in [-0.4, -0.2) is 26.7 Å². The Morgan fingerprint density at radius 1 is 1.53 bits per heavy atom. The molecule has 1 atom stereocenters. The Bertz CT molecular complexity index is 437. The number of rotatable bonds is 3. The fourth-order valence-corrected chi connectivity index (χ4v) is 2.25. The van der Waals surface area contributed by atoms with Crippen LogP contribution < -0.4 is 0 Å². The van der Waals surface area contributed by atoms with Crippen LogP contribution in [0, 0.1) is 5.41 Å². The molecule has 0 radical (unpaired) electrons. The van der Waals surface area contributed by atoms with Gasteiger partial charge in [0.2, 0.25) is 11.8 Å². The number of imidazole rings is 1. The minimum atomic E-state index is -0.586. The fourth-order valence-electron chi connectivity index (χ4n) is 2.25. The summed E-state index contributed by atoms with van der Waals surface area (Å²) >= 11 is 0. The SMILES string of the molecule is CCC(c1ncc[nH]1)N1C(=O)CC(C)(C)C1=O. The van der Waals surface area contributed by atoms with Crippen molar-refractivity contribution in [2.45, 2.75) is 39.7 Å². The number of hydrogen-bond donors (Lipinski definition) is 1. The molecule has 17 heavy (non-hydrogen) atoms. The second-order valence-electron chi connectivity index (χ2n) is 5.03. The van der Waals surface area contributed by atoms with Gasteiger partial charge in [0.15, 0.2) is 0 Å². The Morgan fingerprint density at radius 2 is 2.24 bits per heavy atom. The molecule has 1 saturated heterocycles. The molecule has 5 heteroatoms. The van der Waals surface area contributed by atoms with Gasteiger partial charge in [-0.1, -0.05) is 20.8 Å². The smallest absolute Gasteiger partial charge is 0.236 e. The topological polar surface area (TPSA) is 66.1 Å². The fraction of sp³-hybridized carbons (Fsp3) is 0.583. The largest absolute Gasteiger partial charge is 0.347 e. The van der Waals surface area contributed by atoms with Gasteiger partial charge in [0, 0.05) is 18.8 Å². The molecule has 0 aromatic carbocycles. The van der Waals surface area contributed by atoms with Crippen LogP contribution in [0.3, 0.4) is 0 Å². The molecule has 1 unspecified atom stereocenters. The third-order valence-corrected chi connectivity index (χ3v) is 3.19. The number of aromatic amines is 1. The zero-order chi connectivity index (χ0) is 12.6. The summed E-state index contributed by atoms with van der Waals surface area (Å²) in [7, 11) is 0. The number of amides is 2. The van der Waals surface area contributed by atoms with Crippen molar-refractivity contribution >= 4 is 11.8 Å². The molecule has 0 spiro atoms. The molecule has 2 rings (SSSR count). The van der Waals surface area contributed by atoms with Gasteiger partial charge < -0.3 is 4.98 Å². The van der Waals surface area contributed by atoms with Gasteiger partial charge in [-0.15, -0.1) is 0 Å². The highest BCUT2D eigenvalue weighted by atomic mass is 16.2. The van der Waals surface area contributed by atoms with Gasteiger partial charge in [0.1, 0.15) is 5.82 Å². The Balaban J connectivity index is 2.33.